The van der Waals surface area contributed by atoms with E-state index in [9.17, 15) is 5.26 Å². The zero-order valence-electron chi connectivity index (χ0n) is 20.1. The first-order chi connectivity index (χ1) is 16.0. The maximum absolute atomic E-state index is 9.33. The molecular formula is C27H36N5S+. The summed E-state index contributed by atoms with van der Waals surface area (Å²) in [5, 5.41) is 10.5. The third-order valence-electron chi connectivity index (χ3n) is 7.30. The highest BCUT2D eigenvalue weighted by Gasteiger charge is 2.35. The fourth-order valence-corrected chi connectivity index (χ4v) is 6.29. The fraction of sp³-hybridized carbons (Fsp3) is 0.556. The first kappa shape index (κ1) is 24.0. The van der Waals surface area contributed by atoms with Gasteiger partial charge in [0.1, 0.15) is 11.6 Å². The molecule has 174 valence electrons. The van der Waals surface area contributed by atoms with E-state index in [2.05, 4.69) is 41.4 Å². The maximum Gasteiger partial charge on any atom is 0.199 e. The molecule has 1 unspecified atom stereocenters. The number of piperidine rings is 2. The van der Waals surface area contributed by atoms with Crippen molar-refractivity contribution in [2.45, 2.75) is 51.5 Å². The van der Waals surface area contributed by atoms with E-state index >= 15 is 0 Å². The molecule has 4 aliphatic heterocycles. The van der Waals surface area contributed by atoms with Gasteiger partial charge >= 0.3 is 0 Å². The molecule has 4 rings (SSSR count). The lowest BCUT2D eigenvalue weighted by Gasteiger charge is -2.44. The van der Waals surface area contributed by atoms with Crippen LogP contribution in [0.3, 0.4) is 0 Å². The Hall–Kier alpha value is -2.16. The van der Waals surface area contributed by atoms with Gasteiger partial charge in [0.2, 0.25) is 0 Å². The highest BCUT2D eigenvalue weighted by Crippen LogP contribution is 2.32. The van der Waals surface area contributed by atoms with Crippen molar-refractivity contribution in [3.05, 3.63) is 52.4 Å². The molecule has 0 spiro atoms. The van der Waals surface area contributed by atoms with Gasteiger partial charge in [-0.3, -0.25) is 4.90 Å². The Balaban J connectivity index is 1.40. The van der Waals surface area contributed by atoms with Gasteiger partial charge in [0.25, 0.3) is 0 Å². The Morgan fingerprint density at radius 1 is 1.36 bits per heavy atom. The minimum atomic E-state index is -0.0417. The van der Waals surface area contributed by atoms with Gasteiger partial charge in [0.05, 0.1) is 31.1 Å². The molecular weight excluding hydrogens is 426 g/mol. The number of allylic oxidation sites excluding steroid dienone is 5. The molecule has 4 aliphatic rings. The van der Waals surface area contributed by atoms with Crippen molar-refractivity contribution in [1.29, 1.82) is 5.26 Å². The predicted molar refractivity (Wildman–Crippen MR) is 139 cm³/mol. The van der Waals surface area contributed by atoms with Crippen molar-refractivity contribution in [3.63, 3.8) is 0 Å². The lowest BCUT2D eigenvalue weighted by atomic mass is 9.96. The average Bonchev–Trinajstić information content (AvgIpc) is 2.98. The van der Waals surface area contributed by atoms with Crippen molar-refractivity contribution in [3.8, 4) is 6.07 Å². The van der Waals surface area contributed by atoms with Crippen LogP contribution in [0.5, 0.6) is 0 Å². The van der Waals surface area contributed by atoms with Crippen molar-refractivity contribution in [1.82, 2.24) is 4.90 Å². The summed E-state index contributed by atoms with van der Waals surface area (Å²) in [5.74, 6) is 0.614. The largest absolute Gasteiger partial charge is 0.320 e. The van der Waals surface area contributed by atoms with Crippen LogP contribution in [0.15, 0.2) is 62.4 Å². The standard InChI is InChI=1S/C27H36N5S/c1-4-21(18-28)15-22(5-2)23-16-25-17-26(29-19-23)30-27(33-25)20-32(3)13-9-24(10-14-32)31-11-7-6-8-12-31/h5,15-16,19,22,24H,2,4,6-14,20H2,1,3H3/q+1. The summed E-state index contributed by atoms with van der Waals surface area (Å²) >= 11 is 1.72. The molecule has 0 radical (unpaired) electrons. The quantitative estimate of drug-likeness (QED) is 0.225. The number of hydrogen-bond donors (Lipinski definition) is 0. The van der Waals surface area contributed by atoms with E-state index in [0.717, 1.165) is 38.2 Å². The minimum absolute atomic E-state index is 0.0417. The van der Waals surface area contributed by atoms with Crippen molar-refractivity contribution in [2.75, 3.05) is 39.8 Å². The molecule has 4 heterocycles. The van der Waals surface area contributed by atoms with E-state index in [1.807, 2.05) is 25.3 Å². The summed E-state index contributed by atoms with van der Waals surface area (Å²) in [7, 11) is 2.38. The van der Waals surface area contributed by atoms with Crippen LogP contribution < -0.4 is 0 Å². The summed E-state index contributed by atoms with van der Waals surface area (Å²) in [4.78, 5) is 13.2. The maximum atomic E-state index is 9.33. The molecule has 33 heavy (non-hydrogen) atoms. The van der Waals surface area contributed by atoms with Gasteiger partial charge in [-0.1, -0.05) is 43.0 Å². The van der Waals surface area contributed by atoms with Crippen LogP contribution in [0, 0.1) is 17.2 Å². The lowest BCUT2D eigenvalue weighted by Crippen LogP contribution is -2.56. The molecule has 0 N–H and O–H groups in total. The first-order valence-corrected chi connectivity index (χ1v) is 13.2. The number of nitriles is 1. The molecule has 2 fully saturated rings. The van der Waals surface area contributed by atoms with Gasteiger partial charge in [0.15, 0.2) is 5.82 Å². The van der Waals surface area contributed by atoms with Crippen LogP contribution >= 0.6 is 11.8 Å². The molecule has 0 aliphatic carbocycles. The Bertz CT molecular complexity index is 988. The van der Waals surface area contributed by atoms with Gasteiger partial charge in [-0.25, -0.2) is 9.98 Å². The van der Waals surface area contributed by atoms with E-state index in [1.54, 1.807) is 11.8 Å². The third-order valence-corrected chi connectivity index (χ3v) is 8.20. The van der Waals surface area contributed by atoms with E-state index in [-0.39, 0.29) is 5.92 Å². The second-order valence-electron chi connectivity index (χ2n) is 9.79. The number of rotatable bonds is 7. The van der Waals surface area contributed by atoms with E-state index in [1.165, 1.54) is 58.3 Å². The molecule has 0 aromatic rings. The summed E-state index contributed by atoms with van der Waals surface area (Å²) in [6.07, 6.45) is 15.3. The molecule has 0 amide bonds. The molecule has 5 nitrogen and oxygen atoms in total. The van der Waals surface area contributed by atoms with Gasteiger partial charge in [-0.15, -0.1) is 6.58 Å². The first-order valence-electron chi connectivity index (χ1n) is 12.3. The molecule has 2 saturated heterocycles. The van der Waals surface area contributed by atoms with E-state index in [0.29, 0.717) is 12.2 Å². The summed E-state index contributed by atoms with van der Waals surface area (Å²) in [6, 6.07) is 3.05. The summed E-state index contributed by atoms with van der Waals surface area (Å²) in [5.41, 5.74) is 5.13. The molecule has 0 aromatic carbocycles. The lowest BCUT2D eigenvalue weighted by molar-refractivity contribution is -0.905. The van der Waals surface area contributed by atoms with Gasteiger partial charge in [0, 0.05) is 36.6 Å². The number of thioether (sulfide) groups is 1. The second kappa shape index (κ2) is 10.8. The number of quaternary nitrogens is 1. The molecule has 6 heteroatoms. The summed E-state index contributed by atoms with van der Waals surface area (Å²) in [6.45, 7) is 11.9. The Kier molecular flexibility index (Phi) is 7.88. The molecule has 0 saturated carbocycles. The topological polar surface area (TPSA) is 51.8 Å². The van der Waals surface area contributed by atoms with Crippen molar-refractivity contribution >= 4 is 23.0 Å². The Morgan fingerprint density at radius 3 is 2.79 bits per heavy atom. The van der Waals surface area contributed by atoms with Crippen LogP contribution in [0.25, 0.3) is 0 Å². The number of hydrogen-bond acceptors (Lipinski definition) is 5. The van der Waals surface area contributed by atoms with Crippen LogP contribution in [-0.4, -0.2) is 66.5 Å². The number of likely N-dealkylation sites (tertiary alicyclic amines) is 2. The van der Waals surface area contributed by atoms with Crippen LogP contribution in [0.4, 0.5) is 0 Å². The number of nitrogens with zero attached hydrogens (tertiary/aromatic N) is 5. The molecule has 1 atom stereocenters. The fourth-order valence-electron chi connectivity index (χ4n) is 5.19. The predicted octanol–water partition coefficient (Wildman–Crippen LogP) is 5.22. The van der Waals surface area contributed by atoms with E-state index in [4.69, 9.17) is 4.99 Å². The second-order valence-corrected chi connectivity index (χ2v) is 10.9. The highest BCUT2D eigenvalue weighted by molar-refractivity contribution is 8.17. The van der Waals surface area contributed by atoms with Crippen molar-refractivity contribution in [2.24, 2.45) is 15.9 Å². The monoisotopic (exact) mass is 462 g/mol. The Morgan fingerprint density at radius 2 is 2.12 bits per heavy atom. The van der Waals surface area contributed by atoms with Crippen LogP contribution in [0.1, 0.15) is 45.4 Å². The zero-order valence-corrected chi connectivity index (χ0v) is 20.9. The van der Waals surface area contributed by atoms with Crippen LogP contribution in [0.2, 0.25) is 0 Å². The average molecular weight is 463 g/mol. The molecule has 0 aromatic heterocycles. The van der Waals surface area contributed by atoms with Gasteiger partial charge in [-0.05, 0) is 44.0 Å². The van der Waals surface area contributed by atoms with Gasteiger partial charge < -0.3 is 4.48 Å². The zero-order chi connectivity index (χ0) is 23.3. The smallest absolute Gasteiger partial charge is 0.199 e. The molecule has 2 bridgehead atoms. The van der Waals surface area contributed by atoms with Crippen LogP contribution in [-0.2, 0) is 0 Å². The van der Waals surface area contributed by atoms with E-state index < -0.39 is 0 Å². The third kappa shape index (κ3) is 6.05. The summed E-state index contributed by atoms with van der Waals surface area (Å²) < 4.78 is 1.05. The van der Waals surface area contributed by atoms with Gasteiger partial charge in [-0.2, -0.15) is 5.26 Å². The SMILES string of the molecule is C=CC(C=C(C#N)CC)C1=CC2=C=C(N=C1)N=C(C[N+]1(C)CCC(N3CCCCC3)CC1)S2. The number of aliphatic imine (C=N–C) groups is 2. The normalized spacial score (nSPS) is 29.1. The Labute approximate surface area is 203 Å². The highest BCUT2D eigenvalue weighted by atomic mass is 32.2. The minimum Gasteiger partial charge on any atom is -0.320 e. The van der Waals surface area contributed by atoms with Crippen molar-refractivity contribution < 1.29 is 4.48 Å².